The Labute approximate surface area is 111 Å². The van der Waals surface area contributed by atoms with E-state index < -0.39 is 11.7 Å². The highest BCUT2D eigenvalue weighted by atomic mass is 19.4. The van der Waals surface area contributed by atoms with E-state index in [1.54, 1.807) is 6.07 Å². The third-order valence-corrected chi connectivity index (χ3v) is 3.30. The smallest absolute Gasteiger partial charge is 0.370 e. The van der Waals surface area contributed by atoms with Crippen molar-refractivity contribution in [1.82, 2.24) is 5.32 Å². The average Bonchev–Trinajstić information content (AvgIpc) is 2.76. The van der Waals surface area contributed by atoms with Gasteiger partial charge in [0.05, 0.1) is 5.56 Å². The molecule has 1 aliphatic rings. The number of benzene rings is 1. The maximum absolute atomic E-state index is 12.7. The molecule has 0 spiro atoms. The molecule has 5 heteroatoms. The van der Waals surface area contributed by atoms with Gasteiger partial charge in [0, 0.05) is 30.9 Å². The number of halogens is 3. The average molecular weight is 272 g/mol. The molecule has 106 valence electrons. The number of hydrogen-bond donors (Lipinski definition) is 1. The van der Waals surface area contributed by atoms with Gasteiger partial charge >= 0.3 is 6.18 Å². The minimum absolute atomic E-state index is 0.356. The van der Waals surface area contributed by atoms with Crippen LogP contribution < -0.4 is 10.2 Å². The monoisotopic (exact) mass is 272 g/mol. The Kier molecular flexibility index (Phi) is 4.04. The Balaban J connectivity index is 2.07. The Morgan fingerprint density at radius 1 is 1.32 bits per heavy atom. The summed E-state index contributed by atoms with van der Waals surface area (Å²) in [4.78, 5) is 2.01. The van der Waals surface area contributed by atoms with Gasteiger partial charge in [-0.2, -0.15) is 13.2 Å². The zero-order valence-corrected chi connectivity index (χ0v) is 11.2. The second kappa shape index (κ2) is 5.41. The summed E-state index contributed by atoms with van der Waals surface area (Å²) < 4.78 is 38.0. The van der Waals surface area contributed by atoms with Crippen molar-refractivity contribution in [3.05, 3.63) is 29.8 Å². The molecule has 1 saturated heterocycles. The van der Waals surface area contributed by atoms with Crippen LogP contribution in [0.1, 0.15) is 25.8 Å². The first-order valence-electron chi connectivity index (χ1n) is 6.54. The van der Waals surface area contributed by atoms with Gasteiger partial charge in [-0.25, -0.2) is 0 Å². The number of anilines is 1. The summed E-state index contributed by atoms with van der Waals surface area (Å²) >= 11 is 0. The second-order valence-electron chi connectivity index (χ2n) is 5.30. The molecule has 0 aliphatic carbocycles. The molecule has 0 aromatic heterocycles. The predicted molar refractivity (Wildman–Crippen MR) is 70.3 cm³/mol. The third kappa shape index (κ3) is 3.62. The van der Waals surface area contributed by atoms with E-state index in [0.29, 0.717) is 17.8 Å². The van der Waals surface area contributed by atoms with Crippen LogP contribution in [-0.4, -0.2) is 25.2 Å². The topological polar surface area (TPSA) is 15.3 Å². The molecule has 1 atom stereocenters. The Morgan fingerprint density at radius 3 is 2.68 bits per heavy atom. The van der Waals surface area contributed by atoms with Gasteiger partial charge in [-0.3, -0.25) is 0 Å². The van der Waals surface area contributed by atoms with Crippen molar-refractivity contribution in [3.8, 4) is 0 Å². The van der Waals surface area contributed by atoms with Crippen LogP contribution in [0.15, 0.2) is 24.3 Å². The minimum atomic E-state index is -4.27. The molecule has 19 heavy (non-hydrogen) atoms. The third-order valence-electron chi connectivity index (χ3n) is 3.30. The fourth-order valence-corrected chi connectivity index (χ4v) is 2.48. The van der Waals surface area contributed by atoms with E-state index in [1.165, 1.54) is 12.1 Å². The molecular formula is C14H19F3N2. The molecule has 1 aromatic carbocycles. The quantitative estimate of drug-likeness (QED) is 0.908. The number of hydrogen-bond acceptors (Lipinski definition) is 2. The van der Waals surface area contributed by atoms with E-state index in [0.717, 1.165) is 25.6 Å². The van der Waals surface area contributed by atoms with Gasteiger partial charge in [-0.15, -0.1) is 0 Å². The number of nitrogens with one attached hydrogen (secondary N) is 1. The highest BCUT2D eigenvalue weighted by molar-refractivity contribution is 5.50. The largest absolute Gasteiger partial charge is 0.416 e. The van der Waals surface area contributed by atoms with Gasteiger partial charge in [0.25, 0.3) is 0 Å². The lowest BCUT2D eigenvalue weighted by molar-refractivity contribution is -0.137. The summed E-state index contributed by atoms with van der Waals surface area (Å²) in [6.45, 7) is 5.71. The molecule has 2 nitrogen and oxygen atoms in total. The molecule has 0 bridgehead atoms. The summed E-state index contributed by atoms with van der Waals surface area (Å²) in [5.74, 6) is 0. The van der Waals surface area contributed by atoms with Crippen LogP contribution in [-0.2, 0) is 6.18 Å². The summed E-state index contributed by atoms with van der Waals surface area (Å²) in [7, 11) is 0. The Bertz CT molecular complexity index is 429. The summed E-state index contributed by atoms with van der Waals surface area (Å²) in [6.07, 6.45) is -3.31. The lowest BCUT2D eigenvalue weighted by atomic mass is 10.2. The van der Waals surface area contributed by atoms with Gasteiger partial charge in [0.15, 0.2) is 0 Å². The molecule has 1 N–H and O–H groups in total. The fraction of sp³-hybridized carbons (Fsp3) is 0.571. The zero-order valence-electron chi connectivity index (χ0n) is 11.2. The van der Waals surface area contributed by atoms with Crippen molar-refractivity contribution in [2.75, 3.05) is 18.0 Å². The van der Waals surface area contributed by atoms with Crippen LogP contribution in [0.25, 0.3) is 0 Å². The van der Waals surface area contributed by atoms with Crippen molar-refractivity contribution in [2.24, 2.45) is 0 Å². The van der Waals surface area contributed by atoms with E-state index in [1.807, 2.05) is 4.90 Å². The number of nitrogens with zero attached hydrogens (tertiary/aromatic N) is 1. The highest BCUT2D eigenvalue weighted by Crippen LogP contribution is 2.32. The maximum Gasteiger partial charge on any atom is 0.416 e. The van der Waals surface area contributed by atoms with E-state index in [-0.39, 0.29) is 0 Å². The highest BCUT2D eigenvalue weighted by Gasteiger charge is 2.31. The first kappa shape index (κ1) is 14.2. The SMILES string of the molecule is CC(C)NC1CCN(c2cccc(C(F)(F)F)c2)C1. The van der Waals surface area contributed by atoms with Crippen LogP contribution in [0, 0.1) is 0 Å². The predicted octanol–water partition coefficient (Wildman–Crippen LogP) is 3.28. The van der Waals surface area contributed by atoms with Crippen molar-refractivity contribution in [3.63, 3.8) is 0 Å². The van der Waals surface area contributed by atoms with Crippen LogP contribution in [0.5, 0.6) is 0 Å². The van der Waals surface area contributed by atoms with E-state index >= 15 is 0 Å². The molecule has 2 rings (SSSR count). The molecule has 0 amide bonds. The van der Waals surface area contributed by atoms with Gasteiger partial charge in [0.1, 0.15) is 0 Å². The Hall–Kier alpha value is -1.23. The summed E-state index contributed by atoms with van der Waals surface area (Å²) in [5.41, 5.74) is 0.0770. The van der Waals surface area contributed by atoms with Crippen molar-refractivity contribution in [1.29, 1.82) is 0 Å². The molecule has 1 fully saturated rings. The van der Waals surface area contributed by atoms with Gasteiger partial charge in [0.2, 0.25) is 0 Å². The van der Waals surface area contributed by atoms with Gasteiger partial charge < -0.3 is 10.2 Å². The van der Waals surface area contributed by atoms with Crippen molar-refractivity contribution >= 4 is 5.69 Å². The summed E-state index contributed by atoms with van der Waals surface area (Å²) in [6, 6.07) is 6.32. The zero-order chi connectivity index (χ0) is 14.0. The van der Waals surface area contributed by atoms with Crippen molar-refractivity contribution < 1.29 is 13.2 Å². The van der Waals surface area contributed by atoms with Gasteiger partial charge in [-0.05, 0) is 24.6 Å². The fourth-order valence-electron chi connectivity index (χ4n) is 2.48. The van der Waals surface area contributed by atoms with E-state index in [4.69, 9.17) is 0 Å². The molecular weight excluding hydrogens is 253 g/mol. The standard InChI is InChI=1S/C14H19F3N2/c1-10(2)18-12-6-7-19(9-12)13-5-3-4-11(8-13)14(15,16)17/h3-5,8,10,12,18H,6-7,9H2,1-2H3. The molecule has 1 heterocycles. The maximum atomic E-state index is 12.7. The molecule has 0 saturated carbocycles. The normalized spacial score (nSPS) is 20.3. The molecule has 1 aliphatic heterocycles. The lowest BCUT2D eigenvalue weighted by Crippen LogP contribution is -2.37. The van der Waals surface area contributed by atoms with Crippen LogP contribution in [0.4, 0.5) is 18.9 Å². The lowest BCUT2D eigenvalue weighted by Gasteiger charge is -2.21. The second-order valence-corrected chi connectivity index (χ2v) is 5.30. The molecule has 1 unspecified atom stereocenters. The number of alkyl halides is 3. The Morgan fingerprint density at radius 2 is 2.05 bits per heavy atom. The van der Waals surface area contributed by atoms with Crippen molar-refractivity contribution in [2.45, 2.75) is 38.5 Å². The van der Waals surface area contributed by atoms with Gasteiger partial charge in [-0.1, -0.05) is 19.9 Å². The first-order valence-corrected chi connectivity index (χ1v) is 6.54. The molecule has 0 radical (unpaired) electrons. The first-order chi connectivity index (χ1) is 8.86. The summed E-state index contributed by atoms with van der Waals surface area (Å²) in [5, 5.41) is 3.42. The molecule has 1 aromatic rings. The minimum Gasteiger partial charge on any atom is -0.370 e. The van der Waals surface area contributed by atoms with Crippen LogP contribution in [0.3, 0.4) is 0 Å². The van der Waals surface area contributed by atoms with Crippen LogP contribution >= 0.6 is 0 Å². The van der Waals surface area contributed by atoms with E-state index in [9.17, 15) is 13.2 Å². The van der Waals surface area contributed by atoms with Crippen LogP contribution in [0.2, 0.25) is 0 Å². The van der Waals surface area contributed by atoms with E-state index in [2.05, 4.69) is 19.2 Å². The number of rotatable bonds is 3.